The van der Waals surface area contributed by atoms with Gasteiger partial charge in [-0.25, -0.2) is 4.39 Å². The van der Waals surface area contributed by atoms with Gasteiger partial charge in [0.25, 0.3) is 0 Å². The molecule has 108 valence electrons. The van der Waals surface area contributed by atoms with Crippen molar-refractivity contribution in [1.29, 1.82) is 0 Å². The average molecular weight is 277 g/mol. The van der Waals surface area contributed by atoms with Crippen LogP contribution in [0.4, 0.5) is 4.39 Å². The van der Waals surface area contributed by atoms with Crippen molar-refractivity contribution >= 4 is 5.78 Å². The van der Waals surface area contributed by atoms with Gasteiger partial charge in [0, 0.05) is 13.0 Å². The molecule has 1 aromatic rings. The highest BCUT2D eigenvalue weighted by Crippen LogP contribution is 2.39. The summed E-state index contributed by atoms with van der Waals surface area (Å²) in [6, 6.07) is 4.24. The van der Waals surface area contributed by atoms with Gasteiger partial charge in [0.15, 0.2) is 5.78 Å². The lowest BCUT2D eigenvalue weighted by molar-refractivity contribution is 0.0300. The lowest BCUT2D eigenvalue weighted by Gasteiger charge is -2.37. The third kappa shape index (κ3) is 2.44. The Labute approximate surface area is 118 Å². The van der Waals surface area contributed by atoms with Gasteiger partial charge in [-0.1, -0.05) is 6.92 Å². The minimum absolute atomic E-state index is 0.00991. The molecule has 0 N–H and O–H groups in total. The molecule has 2 aliphatic heterocycles. The zero-order valence-corrected chi connectivity index (χ0v) is 11.8. The molecule has 1 unspecified atom stereocenters. The van der Waals surface area contributed by atoms with Crippen LogP contribution in [0.5, 0.6) is 5.75 Å². The number of ether oxygens (including phenoxy) is 1. The first kappa shape index (κ1) is 13.6. The van der Waals surface area contributed by atoms with E-state index in [-0.39, 0.29) is 17.2 Å². The highest BCUT2D eigenvalue weighted by atomic mass is 19.1. The summed E-state index contributed by atoms with van der Waals surface area (Å²) in [7, 11) is 0. The number of hydrogen-bond acceptors (Lipinski definition) is 3. The maximum Gasteiger partial charge on any atom is 0.170 e. The molecule has 1 atom stereocenters. The molecule has 0 aliphatic carbocycles. The number of ketones is 1. The lowest BCUT2D eigenvalue weighted by atomic mass is 9.84. The van der Waals surface area contributed by atoms with Crippen molar-refractivity contribution < 1.29 is 13.9 Å². The average Bonchev–Trinajstić information content (AvgIpc) is 2.62. The van der Waals surface area contributed by atoms with Crippen LogP contribution in [0.15, 0.2) is 18.2 Å². The number of hydrogen-bond donors (Lipinski definition) is 0. The SMILES string of the molecule is CCN1CCCC2(CC1)CC(=O)c1cc(F)ccc1O2. The molecule has 3 rings (SSSR count). The smallest absolute Gasteiger partial charge is 0.170 e. The van der Waals surface area contributed by atoms with Crippen LogP contribution in [0.3, 0.4) is 0 Å². The molecule has 2 heterocycles. The lowest BCUT2D eigenvalue weighted by Crippen LogP contribution is -2.42. The van der Waals surface area contributed by atoms with Gasteiger partial charge in [0.2, 0.25) is 0 Å². The fraction of sp³-hybridized carbons (Fsp3) is 0.562. The summed E-state index contributed by atoms with van der Waals surface area (Å²) >= 11 is 0. The largest absolute Gasteiger partial charge is 0.486 e. The van der Waals surface area contributed by atoms with Crippen molar-refractivity contribution in [1.82, 2.24) is 4.90 Å². The van der Waals surface area contributed by atoms with Crippen LogP contribution >= 0.6 is 0 Å². The van der Waals surface area contributed by atoms with Gasteiger partial charge in [-0.05, 0) is 44.1 Å². The summed E-state index contributed by atoms with van der Waals surface area (Å²) in [6.45, 7) is 5.21. The Bertz CT molecular complexity index is 531. The van der Waals surface area contributed by atoms with E-state index in [0.717, 1.165) is 38.9 Å². The quantitative estimate of drug-likeness (QED) is 0.790. The Kier molecular flexibility index (Phi) is 3.50. The molecule has 3 nitrogen and oxygen atoms in total. The molecule has 0 amide bonds. The Morgan fingerprint density at radius 3 is 3.00 bits per heavy atom. The number of rotatable bonds is 1. The molecule has 0 saturated carbocycles. The molecule has 1 fully saturated rings. The molecule has 1 aromatic carbocycles. The van der Waals surface area contributed by atoms with Crippen LogP contribution in [0.25, 0.3) is 0 Å². The zero-order chi connectivity index (χ0) is 14.2. The summed E-state index contributed by atoms with van der Waals surface area (Å²) in [5, 5.41) is 0. The number of likely N-dealkylation sites (tertiary alicyclic amines) is 1. The van der Waals surface area contributed by atoms with Crippen molar-refractivity contribution in [3.8, 4) is 5.75 Å². The molecular weight excluding hydrogens is 257 g/mol. The topological polar surface area (TPSA) is 29.5 Å². The standard InChI is InChI=1S/C16H20FNO2/c1-2-18-8-3-6-16(7-9-18)11-14(19)13-10-12(17)4-5-15(13)20-16/h4-5,10H,2-3,6-9,11H2,1H3. The molecule has 20 heavy (non-hydrogen) atoms. The van der Waals surface area contributed by atoms with E-state index in [0.29, 0.717) is 17.7 Å². The monoisotopic (exact) mass is 277 g/mol. The maximum absolute atomic E-state index is 13.2. The third-order valence-corrected chi connectivity index (χ3v) is 4.49. The van der Waals surface area contributed by atoms with E-state index < -0.39 is 0 Å². The van der Waals surface area contributed by atoms with E-state index in [1.165, 1.54) is 12.1 Å². The Morgan fingerprint density at radius 1 is 1.35 bits per heavy atom. The molecule has 4 heteroatoms. The predicted octanol–water partition coefficient (Wildman–Crippen LogP) is 3.04. The van der Waals surface area contributed by atoms with Gasteiger partial charge in [-0.15, -0.1) is 0 Å². The minimum Gasteiger partial charge on any atom is -0.486 e. The highest BCUT2D eigenvalue weighted by molar-refractivity contribution is 6.00. The van der Waals surface area contributed by atoms with Crippen molar-refractivity contribution in [2.45, 2.75) is 38.2 Å². The number of fused-ring (bicyclic) bond motifs is 1. The molecule has 0 bridgehead atoms. The zero-order valence-electron chi connectivity index (χ0n) is 11.8. The molecular formula is C16H20FNO2. The van der Waals surface area contributed by atoms with Crippen molar-refractivity contribution in [2.75, 3.05) is 19.6 Å². The Hall–Kier alpha value is -1.42. The van der Waals surface area contributed by atoms with Crippen LogP contribution in [0.1, 0.15) is 43.0 Å². The van der Waals surface area contributed by atoms with Crippen molar-refractivity contribution in [2.24, 2.45) is 0 Å². The van der Waals surface area contributed by atoms with E-state index >= 15 is 0 Å². The fourth-order valence-electron chi connectivity index (χ4n) is 3.28. The normalized spacial score (nSPS) is 27.0. The van der Waals surface area contributed by atoms with Crippen molar-refractivity contribution in [3.63, 3.8) is 0 Å². The minimum atomic E-state index is -0.383. The van der Waals surface area contributed by atoms with E-state index in [1.807, 2.05) is 0 Å². The number of benzene rings is 1. The number of halogens is 1. The van der Waals surface area contributed by atoms with Crippen LogP contribution in [-0.4, -0.2) is 35.9 Å². The van der Waals surface area contributed by atoms with Crippen molar-refractivity contribution in [3.05, 3.63) is 29.6 Å². The number of nitrogens with zero attached hydrogens (tertiary/aromatic N) is 1. The molecule has 1 spiro atoms. The van der Waals surface area contributed by atoms with Crippen LogP contribution < -0.4 is 4.74 Å². The van der Waals surface area contributed by atoms with E-state index in [9.17, 15) is 9.18 Å². The first-order valence-corrected chi connectivity index (χ1v) is 7.36. The van der Waals surface area contributed by atoms with Gasteiger partial charge < -0.3 is 9.64 Å². The second-order valence-electron chi connectivity index (χ2n) is 5.81. The second-order valence-corrected chi connectivity index (χ2v) is 5.81. The van der Waals surface area contributed by atoms with Gasteiger partial charge in [-0.3, -0.25) is 4.79 Å². The summed E-state index contributed by atoms with van der Waals surface area (Å²) in [5.74, 6) is 0.179. The van der Waals surface area contributed by atoms with Gasteiger partial charge in [-0.2, -0.15) is 0 Å². The number of carbonyl (C=O) groups is 1. The number of carbonyl (C=O) groups excluding carboxylic acids is 1. The van der Waals surface area contributed by atoms with Gasteiger partial charge >= 0.3 is 0 Å². The summed E-state index contributed by atoms with van der Waals surface area (Å²) in [6.07, 6.45) is 3.17. The summed E-state index contributed by atoms with van der Waals surface area (Å²) in [5.41, 5.74) is 0.0125. The molecule has 1 saturated heterocycles. The predicted molar refractivity (Wildman–Crippen MR) is 74.7 cm³/mol. The first-order valence-electron chi connectivity index (χ1n) is 7.36. The molecule has 2 aliphatic rings. The third-order valence-electron chi connectivity index (χ3n) is 4.49. The van der Waals surface area contributed by atoms with E-state index in [4.69, 9.17) is 4.74 Å². The fourth-order valence-corrected chi connectivity index (χ4v) is 3.28. The van der Waals surface area contributed by atoms with Crippen LogP contribution in [0, 0.1) is 5.82 Å². The molecule has 0 radical (unpaired) electrons. The Balaban J connectivity index is 1.87. The molecule has 0 aromatic heterocycles. The summed E-state index contributed by atoms with van der Waals surface area (Å²) in [4.78, 5) is 14.7. The van der Waals surface area contributed by atoms with Gasteiger partial charge in [0.05, 0.1) is 12.0 Å². The Morgan fingerprint density at radius 2 is 2.20 bits per heavy atom. The van der Waals surface area contributed by atoms with Crippen LogP contribution in [-0.2, 0) is 0 Å². The number of Topliss-reactive ketones (excluding diaryl/α,β-unsaturated/α-hetero) is 1. The summed E-state index contributed by atoms with van der Waals surface area (Å²) < 4.78 is 19.4. The van der Waals surface area contributed by atoms with Gasteiger partial charge in [0.1, 0.15) is 17.2 Å². The maximum atomic E-state index is 13.2. The van der Waals surface area contributed by atoms with E-state index in [1.54, 1.807) is 6.07 Å². The van der Waals surface area contributed by atoms with E-state index in [2.05, 4.69) is 11.8 Å². The first-order chi connectivity index (χ1) is 9.62. The highest BCUT2D eigenvalue weighted by Gasteiger charge is 2.41. The van der Waals surface area contributed by atoms with Crippen LogP contribution in [0.2, 0.25) is 0 Å². The second kappa shape index (κ2) is 5.17.